The lowest BCUT2D eigenvalue weighted by Crippen LogP contribution is -2.21. The molecule has 0 atom stereocenters. The molecule has 5 aromatic rings. The van der Waals surface area contributed by atoms with Crippen molar-refractivity contribution >= 4 is 45.1 Å². The van der Waals surface area contributed by atoms with E-state index in [1.54, 1.807) is 49.4 Å². The summed E-state index contributed by atoms with van der Waals surface area (Å²) in [4.78, 5) is 36.0. The molecule has 174 valence electrons. The molecular weight excluding hydrogens is 484 g/mol. The van der Waals surface area contributed by atoms with Crippen LogP contribution < -0.4 is 10.9 Å². The minimum atomic E-state index is -0.605. The molecule has 5 rings (SSSR count). The second-order valence-electron chi connectivity index (χ2n) is 7.48. The van der Waals surface area contributed by atoms with Crippen LogP contribution in [0.5, 0.6) is 0 Å². The number of rotatable bonds is 5. The number of amides is 1. The molecule has 0 saturated heterocycles. The summed E-state index contributed by atoms with van der Waals surface area (Å²) in [5, 5.41) is 3.97. The summed E-state index contributed by atoms with van der Waals surface area (Å²) in [5.74, 6) is 0.393. The minimum Gasteiger partial charge on any atom is -0.450 e. The van der Waals surface area contributed by atoms with Gasteiger partial charge in [-0.1, -0.05) is 71.5 Å². The molecule has 0 fully saturated rings. The lowest BCUT2D eigenvalue weighted by atomic mass is 10.1. The molecule has 1 N–H and O–H groups in total. The van der Waals surface area contributed by atoms with Crippen LogP contribution in [0, 0.1) is 0 Å². The van der Waals surface area contributed by atoms with E-state index in [0.717, 1.165) is 5.56 Å². The molecule has 2 aromatic heterocycles. The van der Waals surface area contributed by atoms with E-state index in [1.165, 1.54) is 15.9 Å². The number of benzene rings is 3. The molecule has 0 unspecified atom stereocenters. The lowest BCUT2D eigenvalue weighted by Gasteiger charge is -2.14. The number of carbonyl (C=O) groups excluding carboxylic acids is 1. The molecule has 0 spiro atoms. The van der Waals surface area contributed by atoms with Crippen LogP contribution in [0.3, 0.4) is 0 Å². The number of para-hydroxylation sites is 1. The first kappa shape index (κ1) is 22.8. The average molecular weight is 503 g/mol. The number of nitrogens with zero attached hydrogens (tertiary/aromatic N) is 3. The highest BCUT2D eigenvalue weighted by Crippen LogP contribution is 2.39. The highest BCUT2D eigenvalue weighted by Gasteiger charge is 2.23. The fourth-order valence-electron chi connectivity index (χ4n) is 3.71. The number of thiazole rings is 1. The third-order valence-corrected chi connectivity index (χ3v) is 6.41. The summed E-state index contributed by atoms with van der Waals surface area (Å²) in [6, 6.07) is 23.7. The third-order valence-electron chi connectivity index (χ3n) is 5.20. The Labute approximate surface area is 209 Å². The van der Waals surface area contributed by atoms with Crippen molar-refractivity contribution in [2.24, 2.45) is 0 Å². The lowest BCUT2D eigenvalue weighted by molar-refractivity contribution is 0.168. The zero-order valence-corrected chi connectivity index (χ0v) is 20.1. The highest BCUT2D eigenvalue weighted by molar-refractivity contribution is 7.19. The summed E-state index contributed by atoms with van der Waals surface area (Å²) < 4.78 is 6.55. The first-order valence-electron chi connectivity index (χ1n) is 10.8. The molecule has 0 aliphatic heterocycles. The number of halogens is 1. The molecule has 0 saturated carbocycles. The predicted molar refractivity (Wildman–Crippen MR) is 140 cm³/mol. The predicted octanol–water partition coefficient (Wildman–Crippen LogP) is 6.40. The van der Waals surface area contributed by atoms with Crippen molar-refractivity contribution in [3.05, 3.63) is 94.2 Å². The molecule has 0 aliphatic rings. The molecule has 0 bridgehead atoms. The number of nitrogens with one attached hydrogen (secondary N) is 1. The van der Waals surface area contributed by atoms with Gasteiger partial charge in [-0.3, -0.25) is 14.7 Å². The second-order valence-corrected chi connectivity index (χ2v) is 8.92. The minimum absolute atomic E-state index is 0.232. The maximum atomic E-state index is 13.7. The summed E-state index contributed by atoms with van der Waals surface area (Å²) >= 11 is 7.49. The highest BCUT2D eigenvalue weighted by atomic mass is 35.5. The third kappa shape index (κ3) is 4.53. The quantitative estimate of drug-likeness (QED) is 0.300. The molecule has 35 heavy (non-hydrogen) atoms. The zero-order chi connectivity index (χ0) is 24.4. The summed E-state index contributed by atoms with van der Waals surface area (Å²) in [5.41, 5.74) is 2.29. The first-order valence-corrected chi connectivity index (χ1v) is 12.0. The van der Waals surface area contributed by atoms with Crippen molar-refractivity contribution in [3.63, 3.8) is 0 Å². The number of hydrogen-bond acceptors (Lipinski definition) is 6. The van der Waals surface area contributed by atoms with E-state index >= 15 is 0 Å². The molecular formula is C26H19ClN4O3S. The largest absolute Gasteiger partial charge is 0.450 e. The van der Waals surface area contributed by atoms with Crippen molar-refractivity contribution in [1.29, 1.82) is 0 Å². The molecule has 2 heterocycles. The Morgan fingerprint density at radius 3 is 2.57 bits per heavy atom. The SMILES string of the molecule is CCOC(=O)Nc1nc(-c2ccccc2)c(-c2nc3ccccc3c(=O)n2-c2cccc(Cl)c2)s1. The van der Waals surface area contributed by atoms with Gasteiger partial charge in [-0.25, -0.2) is 14.8 Å². The van der Waals surface area contributed by atoms with E-state index in [2.05, 4.69) is 10.3 Å². The molecule has 1 amide bonds. The van der Waals surface area contributed by atoms with E-state index < -0.39 is 6.09 Å². The van der Waals surface area contributed by atoms with Crippen LogP contribution in [0.15, 0.2) is 83.7 Å². The summed E-state index contributed by atoms with van der Waals surface area (Å²) in [6.45, 7) is 1.96. The van der Waals surface area contributed by atoms with Gasteiger partial charge in [0, 0.05) is 10.6 Å². The van der Waals surface area contributed by atoms with E-state index in [9.17, 15) is 9.59 Å². The first-order chi connectivity index (χ1) is 17.0. The van der Waals surface area contributed by atoms with Gasteiger partial charge in [-0.15, -0.1) is 0 Å². The normalized spacial score (nSPS) is 10.9. The van der Waals surface area contributed by atoms with Gasteiger partial charge in [-0.2, -0.15) is 0 Å². The van der Waals surface area contributed by atoms with Gasteiger partial charge in [0.05, 0.1) is 28.9 Å². The van der Waals surface area contributed by atoms with Crippen LogP contribution in [0.4, 0.5) is 9.93 Å². The molecule has 3 aromatic carbocycles. The number of hydrogen-bond donors (Lipinski definition) is 1. The Kier molecular flexibility index (Phi) is 6.31. The smallest absolute Gasteiger partial charge is 0.413 e. The maximum Gasteiger partial charge on any atom is 0.413 e. The van der Waals surface area contributed by atoms with E-state index in [4.69, 9.17) is 21.3 Å². The molecule has 0 radical (unpaired) electrons. The monoisotopic (exact) mass is 502 g/mol. The number of fused-ring (bicyclic) bond motifs is 1. The van der Waals surface area contributed by atoms with Gasteiger partial charge in [0.15, 0.2) is 11.0 Å². The Bertz CT molecular complexity index is 1600. The number of anilines is 1. The van der Waals surface area contributed by atoms with E-state index in [-0.39, 0.29) is 12.2 Å². The Hall–Kier alpha value is -4.01. The average Bonchev–Trinajstić information content (AvgIpc) is 3.28. The zero-order valence-electron chi connectivity index (χ0n) is 18.6. The van der Waals surface area contributed by atoms with Crippen molar-refractivity contribution in [1.82, 2.24) is 14.5 Å². The van der Waals surface area contributed by atoms with Crippen molar-refractivity contribution in [2.75, 3.05) is 11.9 Å². The van der Waals surface area contributed by atoms with Gasteiger partial charge < -0.3 is 4.74 Å². The Morgan fingerprint density at radius 1 is 1.03 bits per heavy atom. The van der Waals surface area contributed by atoms with Gasteiger partial charge >= 0.3 is 6.09 Å². The van der Waals surface area contributed by atoms with Gasteiger partial charge in [-0.05, 0) is 37.3 Å². The van der Waals surface area contributed by atoms with E-state index in [1.807, 2.05) is 36.4 Å². The van der Waals surface area contributed by atoms with Crippen LogP contribution >= 0.6 is 22.9 Å². The van der Waals surface area contributed by atoms with Crippen LogP contribution in [-0.4, -0.2) is 27.2 Å². The van der Waals surface area contributed by atoms with E-state index in [0.29, 0.717) is 43.1 Å². The molecule has 9 heteroatoms. The van der Waals surface area contributed by atoms with Crippen LogP contribution in [0.1, 0.15) is 6.92 Å². The summed E-state index contributed by atoms with van der Waals surface area (Å²) in [6.07, 6.45) is -0.605. The van der Waals surface area contributed by atoms with Crippen molar-refractivity contribution in [3.8, 4) is 27.6 Å². The van der Waals surface area contributed by atoms with Crippen molar-refractivity contribution < 1.29 is 9.53 Å². The summed E-state index contributed by atoms with van der Waals surface area (Å²) in [7, 11) is 0. The van der Waals surface area contributed by atoms with Gasteiger partial charge in [0.25, 0.3) is 5.56 Å². The second kappa shape index (κ2) is 9.69. The van der Waals surface area contributed by atoms with Crippen LogP contribution in [0.2, 0.25) is 5.02 Å². The number of aromatic nitrogens is 3. The number of carbonyl (C=O) groups is 1. The maximum absolute atomic E-state index is 13.7. The van der Waals surface area contributed by atoms with Crippen LogP contribution in [0.25, 0.3) is 38.5 Å². The van der Waals surface area contributed by atoms with Gasteiger partial charge in [0.1, 0.15) is 4.88 Å². The fourth-order valence-corrected chi connectivity index (χ4v) is 4.85. The Morgan fingerprint density at radius 2 is 1.80 bits per heavy atom. The van der Waals surface area contributed by atoms with Crippen LogP contribution in [-0.2, 0) is 4.74 Å². The van der Waals surface area contributed by atoms with Crippen molar-refractivity contribution in [2.45, 2.75) is 6.92 Å². The molecule has 0 aliphatic carbocycles. The number of ether oxygens (including phenoxy) is 1. The Balaban J connectivity index is 1.81. The fraction of sp³-hybridized carbons (Fsp3) is 0.0769. The van der Waals surface area contributed by atoms with Gasteiger partial charge in [0.2, 0.25) is 0 Å². The molecule has 7 nitrogen and oxygen atoms in total. The standard InChI is InChI=1S/C26H19ClN4O3S/c1-2-34-26(33)30-25-29-21(16-9-4-3-5-10-16)22(35-25)23-28-20-14-7-6-13-19(20)24(32)31(23)18-12-8-11-17(27)15-18/h3-15H,2H2,1H3,(H,29,30,33). The topological polar surface area (TPSA) is 86.1 Å².